The largest absolute Gasteiger partial charge is 0.370 e. The molecule has 5 heteroatoms. The second kappa shape index (κ2) is 5.82. The van der Waals surface area contributed by atoms with Crippen molar-refractivity contribution >= 4 is 0 Å². The summed E-state index contributed by atoms with van der Waals surface area (Å²) in [5.41, 5.74) is 5.64. The van der Waals surface area contributed by atoms with Crippen LogP contribution < -0.4 is 5.73 Å². The van der Waals surface area contributed by atoms with Crippen molar-refractivity contribution in [2.45, 2.75) is 45.8 Å². The molecule has 2 unspecified atom stereocenters. The molecule has 15 heavy (non-hydrogen) atoms. The van der Waals surface area contributed by atoms with Crippen molar-refractivity contribution in [3.63, 3.8) is 0 Å². The van der Waals surface area contributed by atoms with Gasteiger partial charge in [0, 0.05) is 19.1 Å². The Morgan fingerprint density at radius 2 is 2.20 bits per heavy atom. The molecule has 0 fully saturated rings. The average molecular weight is 213 g/mol. The smallest absolute Gasteiger partial charge is 0.228 e. The van der Waals surface area contributed by atoms with Crippen molar-refractivity contribution in [1.29, 1.82) is 0 Å². The van der Waals surface area contributed by atoms with E-state index in [1.807, 2.05) is 20.8 Å². The minimum atomic E-state index is -0.0689. The average Bonchev–Trinajstić information content (AvgIpc) is 2.61. The van der Waals surface area contributed by atoms with Crippen LogP contribution >= 0.6 is 0 Å². The van der Waals surface area contributed by atoms with E-state index < -0.39 is 0 Å². The van der Waals surface area contributed by atoms with Gasteiger partial charge in [0.1, 0.15) is 6.10 Å². The highest BCUT2D eigenvalue weighted by atomic mass is 16.5. The summed E-state index contributed by atoms with van der Waals surface area (Å²) < 4.78 is 10.6. The van der Waals surface area contributed by atoms with Gasteiger partial charge in [-0.2, -0.15) is 4.98 Å². The number of nitrogens with zero attached hydrogens (tertiary/aromatic N) is 2. The number of hydrogen-bond donors (Lipinski definition) is 1. The monoisotopic (exact) mass is 213 g/mol. The molecular formula is C10H19N3O2. The zero-order valence-electron chi connectivity index (χ0n) is 9.56. The van der Waals surface area contributed by atoms with Crippen LogP contribution in [-0.4, -0.2) is 22.8 Å². The summed E-state index contributed by atoms with van der Waals surface area (Å²) in [6.07, 6.45) is 1.38. The molecule has 0 saturated heterocycles. The van der Waals surface area contributed by atoms with E-state index in [9.17, 15) is 0 Å². The molecule has 0 spiro atoms. The maximum Gasteiger partial charge on any atom is 0.228 e. The molecule has 0 amide bonds. The molecule has 0 aliphatic heterocycles. The van der Waals surface area contributed by atoms with Gasteiger partial charge in [0.25, 0.3) is 0 Å². The van der Waals surface area contributed by atoms with Crippen molar-refractivity contribution in [3.8, 4) is 0 Å². The standard InChI is InChI=1S/C10H19N3O2/c1-4-8(14-5-2)10-12-9(15-13-10)6-7(3)11/h7-8H,4-6,11H2,1-3H3. The Hall–Kier alpha value is -0.940. The molecule has 2 atom stereocenters. The lowest BCUT2D eigenvalue weighted by molar-refractivity contribution is 0.0518. The molecule has 5 nitrogen and oxygen atoms in total. The molecule has 0 saturated carbocycles. The van der Waals surface area contributed by atoms with Crippen LogP contribution in [0.1, 0.15) is 45.0 Å². The van der Waals surface area contributed by atoms with Crippen molar-refractivity contribution in [3.05, 3.63) is 11.7 Å². The van der Waals surface area contributed by atoms with Gasteiger partial charge in [0.05, 0.1) is 0 Å². The normalized spacial score (nSPS) is 15.2. The molecule has 86 valence electrons. The van der Waals surface area contributed by atoms with Crippen LogP contribution in [-0.2, 0) is 11.2 Å². The van der Waals surface area contributed by atoms with Gasteiger partial charge < -0.3 is 15.0 Å². The van der Waals surface area contributed by atoms with Crippen LogP contribution in [0.3, 0.4) is 0 Å². The molecule has 0 radical (unpaired) electrons. The van der Waals surface area contributed by atoms with Crippen molar-refractivity contribution in [2.24, 2.45) is 5.73 Å². The molecule has 0 aliphatic carbocycles. The minimum Gasteiger partial charge on any atom is -0.370 e. The Kier molecular flexibility index (Phi) is 4.71. The van der Waals surface area contributed by atoms with Crippen LogP contribution in [0, 0.1) is 0 Å². The van der Waals surface area contributed by atoms with E-state index in [4.69, 9.17) is 15.0 Å². The van der Waals surface area contributed by atoms with E-state index >= 15 is 0 Å². The summed E-state index contributed by atoms with van der Waals surface area (Å²) >= 11 is 0. The van der Waals surface area contributed by atoms with Crippen LogP contribution in [0.2, 0.25) is 0 Å². The molecule has 0 aliphatic rings. The number of aromatic nitrogens is 2. The zero-order valence-corrected chi connectivity index (χ0v) is 9.56. The molecule has 2 N–H and O–H groups in total. The lowest BCUT2D eigenvalue weighted by atomic mass is 10.2. The molecule has 1 aromatic heterocycles. The first-order chi connectivity index (χ1) is 7.17. The molecular weight excluding hydrogens is 194 g/mol. The van der Waals surface area contributed by atoms with Crippen molar-refractivity contribution in [2.75, 3.05) is 6.61 Å². The van der Waals surface area contributed by atoms with Crippen LogP contribution in [0.15, 0.2) is 4.52 Å². The maximum atomic E-state index is 5.64. The highest BCUT2D eigenvalue weighted by Crippen LogP contribution is 2.17. The third-order valence-electron chi connectivity index (χ3n) is 2.01. The molecule has 0 aromatic carbocycles. The molecule has 1 heterocycles. The number of rotatable bonds is 6. The number of nitrogens with two attached hydrogens (primary N) is 1. The maximum absolute atomic E-state index is 5.64. The Balaban J connectivity index is 2.64. The zero-order chi connectivity index (χ0) is 11.3. The topological polar surface area (TPSA) is 74.2 Å². The fourth-order valence-corrected chi connectivity index (χ4v) is 1.33. The third-order valence-corrected chi connectivity index (χ3v) is 2.01. The first-order valence-corrected chi connectivity index (χ1v) is 5.37. The second-order valence-corrected chi connectivity index (χ2v) is 3.58. The van der Waals surface area contributed by atoms with Crippen LogP contribution in [0.4, 0.5) is 0 Å². The Morgan fingerprint density at radius 3 is 2.73 bits per heavy atom. The molecule has 1 aromatic rings. The summed E-state index contributed by atoms with van der Waals surface area (Å²) in [7, 11) is 0. The van der Waals surface area contributed by atoms with Gasteiger partial charge in [0.2, 0.25) is 11.7 Å². The summed E-state index contributed by atoms with van der Waals surface area (Å²) in [5.74, 6) is 1.20. The van der Waals surface area contributed by atoms with Gasteiger partial charge in [-0.3, -0.25) is 0 Å². The lowest BCUT2D eigenvalue weighted by Gasteiger charge is -2.09. The van der Waals surface area contributed by atoms with Crippen molar-refractivity contribution in [1.82, 2.24) is 10.1 Å². The van der Waals surface area contributed by atoms with Crippen molar-refractivity contribution < 1.29 is 9.26 Å². The van der Waals surface area contributed by atoms with Gasteiger partial charge in [-0.15, -0.1) is 0 Å². The Bertz CT molecular complexity index is 286. The van der Waals surface area contributed by atoms with E-state index in [1.165, 1.54) is 0 Å². The van der Waals surface area contributed by atoms with Gasteiger partial charge >= 0.3 is 0 Å². The van der Waals surface area contributed by atoms with Gasteiger partial charge in [-0.05, 0) is 20.3 Å². The van der Waals surface area contributed by atoms with E-state index in [2.05, 4.69) is 10.1 Å². The predicted octanol–water partition coefficient (Wildman–Crippen LogP) is 1.45. The van der Waals surface area contributed by atoms with Crippen LogP contribution in [0.5, 0.6) is 0 Å². The van der Waals surface area contributed by atoms with Gasteiger partial charge in [-0.25, -0.2) is 0 Å². The quantitative estimate of drug-likeness (QED) is 0.774. The molecule has 1 rings (SSSR count). The third kappa shape index (κ3) is 3.60. The lowest BCUT2D eigenvalue weighted by Crippen LogP contribution is -2.18. The number of ether oxygens (including phenoxy) is 1. The predicted molar refractivity (Wildman–Crippen MR) is 56.3 cm³/mol. The van der Waals surface area contributed by atoms with E-state index in [-0.39, 0.29) is 12.1 Å². The van der Waals surface area contributed by atoms with Crippen LogP contribution in [0.25, 0.3) is 0 Å². The Labute approximate surface area is 90.0 Å². The summed E-state index contributed by atoms with van der Waals surface area (Å²) in [6.45, 7) is 6.53. The second-order valence-electron chi connectivity index (χ2n) is 3.58. The van der Waals surface area contributed by atoms with E-state index in [0.29, 0.717) is 24.7 Å². The van der Waals surface area contributed by atoms with Gasteiger partial charge in [-0.1, -0.05) is 12.1 Å². The highest BCUT2D eigenvalue weighted by molar-refractivity contribution is 4.92. The Morgan fingerprint density at radius 1 is 1.47 bits per heavy atom. The van der Waals surface area contributed by atoms with Gasteiger partial charge in [0.15, 0.2) is 0 Å². The molecule has 0 bridgehead atoms. The van der Waals surface area contributed by atoms with E-state index in [1.54, 1.807) is 0 Å². The number of hydrogen-bond acceptors (Lipinski definition) is 5. The minimum absolute atomic E-state index is 0.0328. The van der Waals surface area contributed by atoms with E-state index in [0.717, 1.165) is 6.42 Å². The first kappa shape index (κ1) is 12.1. The summed E-state index contributed by atoms with van der Waals surface area (Å²) in [4.78, 5) is 4.26. The summed E-state index contributed by atoms with van der Waals surface area (Å²) in [6, 6.07) is 0.0328. The highest BCUT2D eigenvalue weighted by Gasteiger charge is 2.16. The fraction of sp³-hybridized carbons (Fsp3) is 0.800. The summed E-state index contributed by atoms with van der Waals surface area (Å²) in [5, 5.41) is 3.89. The fourth-order valence-electron chi connectivity index (χ4n) is 1.33. The first-order valence-electron chi connectivity index (χ1n) is 5.37. The SMILES string of the molecule is CCOC(CC)c1noc(CC(C)N)n1.